The molecular weight excluding hydrogens is 240 g/mol. The smallest absolute Gasteiger partial charge is 0.00141 e. The van der Waals surface area contributed by atoms with Crippen LogP contribution >= 0.6 is 0 Å². The van der Waals surface area contributed by atoms with Crippen molar-refractivity contribution in [1.82, 2.24) is 0 Å². The summed E-state index contributed by atoms with van der Waals surface area (Å²) in [5.41, 5.74) is 5.68. The lowest BCUT2D eigenvalue weighted by molar-refractivity contribution is 1.46. The molecule has 0 nitrogen and oxygen atoms in total. The normalized spacial score (nSPS) is 12.5. The predicted octanol–water partition coefficient (Wildman–Crippen LogP) is 5.74. The van der Waals surface area contributed by atoms with Gasteiger partial charge in [0.05, 0.1) is 0 Å². The van der Waals surface area contributed by atoms with Crippen molar-refractivity contribution < 1.29 is 0 Å². The molecule has 0 heteroatoms. The largest absolute Gasteiger partial charge is 0.0581 e. The molecule has 0 aliphatic heterocycles. The van der Waals surface area contributed by atoms with Gasteiger partial charge >= 0.3 is 0 Å². The summed E-state index contributed by atoms with van der Waals surface area (Å²) < 4.78 is 0. The van der Waals surface area contributed by atoms with Crippen molar-refractivity contribution in [2.75, 3.05) is 0 Å². The molecule has 4 aromatic carbocycles. The zero-order chi connectivity index (χ0) is 13.4. The van der Waals surface area contributed by atoms with Crippen molar-refractivity contribution in [3.63, 3.8) is 0 Å². The standard InChI is InChI=1S/C20H14/c1-11-3-5-13-7-9-15-10-8-14-6-4-12(2)17-16(11)18(13)20(15)19(14)17/h3-10H,1-2H3. The molecule has 0 unspecified atom stereocenters. The fourth-order valence-corrected chi connectivity index (χ4v) is 3.90. The van der Waals surface area contributed by atoms with Crippen molar-refractivity contribution in [2.45, 2.75) is 13.8 Å². The molecule has 0 saturated carbocycles. The zero-order valence-electron chi connectivity index (χ0n) is 11.6. The van der Waals surface area contributed by atoms with Crippen molar-refractivity contribution in [3.05, 3.63) is 59.7 Å². The van der Waals surface area contributed by atoms with Gasteiger partial charge in [0, 0.05) is 0 Å². The van der Waals surface area contributed by atoms with Crippen LogP contribution in [0.4, 0.5) is 0 Å². The average Bonchev–Trinajstić information content (AvgIpc) is 2.84. The fourth-order valence-electron chi connectivity index (χ4n) is 3.90. The molecule has 0 bridgehead atoms. The lowest BCUT2D eigenvalue weighted by Crippen LogP contribution is -1.85. The highest BCUT2D eigenvalue weighted by atomic mass is 14.3. The molecular formula is C20H14. The van der Waals surface area contributed by atoms with Gasteiger partial charge in [0.15, 0.2) is 0 Å². The number of fused-ring (bicyclic) bond motifs is 1. The van der Waals surface area contributed by atoms with E-state index in [4.69, 9.17) is 0 Å². The minimum atomic E-state index is 1.36. The van der Waals surface area contributed by atoms with Crippen LogP contribution in [0.2, 0.25) is 0 Å². The van der Waals surface area contributed by atoms with Crippen molar-refractivity contribution in [2.24, 2.45) is 0 Å². The Morgan fingerprint density at radius 1 is 0.450 bits per heavy atom. The average molecular weight is 254 g/mol. The number of hydrogen-bond donors (Lipinski definition) is 0. The molecule has 0 N–H and O–H groups in total. The van der Waals surface area contributed by atoms with Crippen LogP contribution in [0.15, 0.2) is 48.5 Å². The van der Waals surface area contributed by atoms with Gasteiger partial charge in [0.2, 0.25) is 0 Å². The lowest BCUT2D eigenvalue weighted by Gasteiger charge is -2.09. The molecule has 20 heavy (non-hydrogen) atoms. The molecule has 0 radical (unpaired) electrons. The van der Waals surface area contributed by atoms with E-state index in [9.17, 15) is 0 Å². The van der Waals surface area contributed by atoms with Gasteiger partial charge < -0.3 is 0 Å². The minimum absolute atomic E-state index is 1.36. The van der Waals surface area contributed by atoms with Gasteiger partial charge in [-0.3, -0.25) is 0 Å². The summed E-state index contributed by atoms with van der Waals surface area (Å²) in [4.78, 5) is 0. The maximum Gasteiger partial charge on any atom is -0.00141 e. The van der Waals surface area contributed by atoms with E-state index in [-0.39, 0.29) is 0 Å². The Morgan fingerprint density at radius 2 is 0.800 bits per heavy atom. The van der Waals surface area contributed by atoms with E-state index in [1.54, 1.807) is 0 Å². The van der Waals surface area contributed by atoms with Crippen LogP contribution in [0, 0.1) is 13.8 Å². The molecule has 0 amide bonds. The van der Waals surface area contributed by atoms with Crippen LogP contribution in [0.25, 0.3) is 43.4 Å². The fraction of sp³-hybridized carbons (Fsp3) is 0.100. The van der Waals surface area contributed by atoms with Crippen LogP contribution in [-0.4, -0.2) is 0 Å². The first-order valence-electron chi connectivity index (χ1n) is 7.14. The predicted molar refractivity (Wildman–Crippen MR) is 87.4 cm³/mol. The summed E-state index contributed by atoms with van der Waals surface area (Å²) in [6.45, 7) is 4.47. The highest BCUT2D eigenvalue weighted by molar-refractivity contribution is 6.33. The van der Waals surface area contributed by atoms with Crippen LogP contribution in [-0.2, 0) is 0 Å². The summed E-state index contributed by atoms with van der Waals surface area (Å²) in [6.07, 6.45) is 0. The zero-order valence-corrected chi connectivity index (χ0v) is 11.6. The van der Waals surface area contributed by atoms with E-state index < -0.39 is 0 Å². The number of benzene rings is 4. The molecule has 5 rings (SSSR count). The van der Waals surface area contributed by atoms with Crippen LogP contribution in [0.5, 0.6) is 0 Å². The Kier molecular flexibility index (Phi) is 1.68. The highest BCUT2D eigenvalue weighted by Gasteiger charge is 2.22. The maximum atomic E-state index is 2.26. The van der Waals surface area contributed by atoms with Gasteiger partial charge in [0.1, 0.15) is 0 Å². The first-order chi connectivity index (χ1) is 9.75. The lowest BCUT2D eigenvalue weighted by atomic mass is 9.95. The summed E-state index contributed by atoms with van der Waals surface area (Å²) in [5, 5.41) is 8.45. The monoisotopic (exact) mass is 254 g/mol. The second-order valence-corrected chi connectivity index (χ2v) is 5.94. The van der Waals surface area contributed by atoms with Gasteiger partial charge in [-0.15, -0.1) is 0 Å². The molecule has 0 fully saturated rings. The molecule has 0 saturated heterocycles. The van der Waals surface area contributed by atoms with Crippen LogP contribution in [0.3, 0.4) is 0 Å². The summed E-state index contributed by atoms with van der Waals surface area (Å²) >= 11 is 0. The SMILES string of the molecule is Cc1ccc2ccc3ccc4ccc(C)c5c4c3c2c1-5. The van der Waals surface area contributed by atoms with E-state index in [0.717, 1.165) is 0 Å². The topological polar surface area (TPSA) is 0 Å². The van der Waals surface area contributed by atoms with Crippen molar-refractivity contribution >= 4 is 32.3 Å². The number of aryl methyl sites for hydroxylation is 2. The van der Waals surface area contributed by atoms with Gasteiger partial charge in [0.25, 0.3) is 0 Å². The number of rotatable bonds is 0. The molecule has 0 heterocycles. The van der Waals surface area contributed by atoms with Crippen LogP contribution < -0.4 is 0 Å². The van der Waals surface area contributed by atoms with Gasteiger partial charge in [-0.05, 0) is 68.4 Å². The molecule has 1 aliphatic carbocycles. The van der Waals surface area contributed by atoms with E-state index in [2.05, 4.69) is 62.4 Å². The first kappa shape index (κ1) is 10.4. The molecule has 0 atom stereocenters. The number of hydrogen-bond acceptors (Lipinski definition) is 0. The molecule has 0 spiro atoms. The molecule has 0 aromatic heterocycles. The van der Waals surface area contributed by atoms with Gasteiger partial charge in [-0.25, -0.2) is 0 Å². The minimum Gasteiger partial charge on any atom is -0.0581 e. The second kappa shape index (κ2) is 3.21. The molecule has 1 aliphatic rings. The van der Waals surface area contributed by atoms with E-state index in [1.165, 1.54) is 54.6 Å². The Morgan fingerprint density at radius 3 is 1.25 bits per heavy atom. The summed E-state index contributed by atoms with van der Waals surface area (Å²) in [5.74, 6) is 0. The van der Waals surface area contributed by atoms with Crippen LogP contribution in [0.1, 0.15) is 11.1 Å². The summed E-state index contributed by atoms with van der Waals surface area (Å²) in [7, 11) is 0. The first-order valence-corrected chi connectivity index (χ1v) is 7.14. The van der Waals surface area contributed by atoms with E-state index >= 15 is 0 Å². The second-order valence-electron chi connectivity index (χ2n) is 5.94. The summed E-state index contributed by atoms with van der Waals surface area (Å²) in [6, 6.07) is 18.1. The molecule has 94 valence electrons. The third-order valence-corrected chi connectivity index (χ3v) is 4.82. The maximum absolute atomic E-state index is 2.26. The van der Waals surface area contributed by atoms with Gasteiger partial charge in [-0.2, -0.15) is 0 Å². The van der Waals surface area contributed by atoms with E-state index in [1.807, 2.05) is 0 Å². The van der Waals surface area contributed by atoms with Crippen molar-refractivity contribution in [1.29, 1.82) is 0 Å². The third-order valence-electron chi connectivity index (χ3n) is 4.82. The Bertz CT molecular complexity index is 970. The molecule has 4 aromatic rings. The van der Waals surface area contributed by atoms with Gasteiger partial charge in [-0.1, -0.05) is 48.5 Å². The quantitative estimate of drug-likeness (QED) is 0.309. The van der Waals surface area contributed by atoms with Crippen molar-refractivity contribution in [3.8, 4) is 11.1 Å². The Balaban J connectivity index is 2.29. The van der Waals surface area contributed by atoms with E-state index in [0.29, 0.717) is 0 Å². The Labute approximate surface area is 117 Å². The Hall–Kier alpha value is -2.34. The third kappa shape index (κ3) is 1.01. The highest BCUT2D eigenvalue weighted by Crippen LogP contribution is 2.49.